The Morgan fingerprint density at radius 2 is 1.48 bits per heavy atom. The van der Waals surface area contributed by atoms with Gasteiger partial charge in [0, 0.05) is 24.8 Å². The third-order valence-electron chi connectivity index (χ3n) is 4.18. The molecule has 0 aliphatic rings. The van der Waals surface area contributed by atoms with E-state index in [1.165, 1.54) is 13.0 Å². The monoisotopic (exact) mass is 425 g/mol. The average Bonchev–Trinajstić information content (AvgIpc) is 2.59. The normalized spacial score (nSPS) is 12.9. The van der Waals surface area contributed by atoms with Gasteiger partial charge in [-0.15, -0.1) is 0 Å². The minimum absolute atomic E-state index is 0.0479. The number of aryl methyl sites for hydroxylation is 1. The van der Waals surface area contributed by atoms with Crippen molar-refractivity contribution in [1.82, 2.24) is 0 Å². The van der Waals surface area contributed by atoms with E-state index >= 15 is 0 Å². The summed E-state index contributed by atoms with van der Waals surface area (Å²) in [6, 6.07) is 5.44. The predicted molar refractivity (Wildman–Crippen MR) is 88.9 cm³/mol. The van der Waals surface area contributed by atoms with Gasteiger partial charge in [0.1, 0.15) is 0 Å². The molecule has 0 saturated carbocycles. The Morgan fingerprint density at radius 3 is 1.90 bits per heavy atom. The van der Waals surface area contributed by atoms with E-state index in [0.29, 0.717) is 6.07 Å². The number of nitro groups is 1. The predicted octanol–water partition coefficient (Wildman–Crippen LogP) is 6.01. The van der Waals surface area contributed by atoms with Crippen LogP contribution in [0.2, 0.25) is 0 Å². The van der Waals surface area contributed by atoms with Crippen LogP contribution < -0.4 is 0 Å². The molecule has 29 heavy (non-hydrogen) atoms. The molecule has 2 aromatic carbocycles. The molecule has 0 unspecified atom stereocenters. The first-order valence-corrected chi connectivity index (χ1v) is 7.94. The van der Waals surface area contributed by atoms with Crippen LogP contribution in [-0.2, 0) is 17.0 Å². The van der Waals surface area contributed by atoms with Gasteiger partial charge < -0.3 is 4.74 Å². The van der Waals surface area contributed by atoms with E-state index in [0.717, 1.165) is 31.4 Å². The molecule has 0 amide bonds. The topological polar surface area (TPSA) is 52.4 Å². The lowest BCUT2D eigenvalue weighted by Gasteiger charge is -2.33. The maximum atomic E-state index is 14.9. The highest BCUT2D eigenvalue weighted by Gasteiger charge is 2.74. The van der Waals surface area contributed by atoms with Crippen LogP contribution in [0, 0.1) is 17.0 Å². The summed E-state index contributed by atoms with van der Waals surface area (Å²) in [5, 5.41) is 10.8. The van der Waals surface area contributed by atoms with E-state index in [1.54, 1.807) is 0 Å². The molecule has 0 radical (unpaired) electrons. The van der Waals surface area contributed by atoms with Crippen LogP contribution >= 0.6 is 0 Å². The highest BCUT2D eigenvalue weighted by atomic mass is 19.4. The van der Waals surface area contributed by atoms with Crippen LogP contribution in [0.15, 0.2) is 36.4 Å². The second kappa shape index (κ2) is 7.62. The summed E-state index contributed by atoms with van der Waals surface area (Å²) in [4.78, 5) is 9.99. The molecule has 0 heterocycles. The number of benzene rings is 2. The van der Waals surface area contributed by atoms with E-state index < -0.39 is 46.4 Å². The van der Waals surface area contributed by atoms with Gasteiger partial charge in [0.2, 0.25) is 0 Å². The van der Waals surface area contributed by atoms with Crippen LogP contribution in [0.5, 0.6) is 0 Å². The molecule has 0 spiro atoms. The molecule has 2 aromatic rings. The number of hydrogen-bond donors (Lipinski definition) is 0. The molecule has 11 heteroatoms. The molecule has 4 nitrogen and oxygen atoms in total. The lowest BCUT2D eigenvalue weighted by atomic mass is 9.83. The zero-order valence-electron chi connectivity index (χ0n) is 15.0. The molecule has 0 N–H and O–H groups in total. The van der Waals surface area contributed by atoms with E-state index in [1.807, 2.05) is 0 Å². The van der Waals surface area contributed by atoms with Gasteiger partial charge in [-0.3, -0.25) is 10.1 Å². The third kappa shape index (κ3) is 4.04. The summed E-state index contributed by atoms with van der Waals surface area (Å²) in [5.74, 6) is 0. The van der Waals surface area contributed by atoms with Crippen molar-refractivity contribution in [2.75, 3.05) is 7.11 Å². The van der Waals surface area contributed by atoms with Gasteiger partial charge in [-0.05, 0) is 35.7 Å². The molecule has 0 fully saturated rings. The largest absolute Gasteiger partial charge is 0.435 e. The number of hydrogen-bond acceptors (Lipinski definition) is 3. The first kappa shape index (κ1) is 22.6. The minimum Gasteiger partial charge on any atom is -0.380 e. The van der Waals surface area contributed by atoms with Crippen LogP contribution in [0.1, 0.15) is 16.7 Å². The maximum absolute atomic E-state index is 14.9. The van der Waals surface area contributed by atoms with Crippen LogP contribution in [0.25, 0.3) is 11.1 Å². The van der Waals surface area contributed by atoms with Crippen molar-refractivity contribution < 1.29 is 40.4 Å². The highest BCUT2D eigenvalue weighted by molar-refractivity contribution is 5.74. The lowest BCUT2D eigenvalue weighted by Crippen LogP contribution is -2.50. The van der Waals surface area contributed by atoms with Crippen molar-refractivity contribution in [1.29, 1.82) is 0 Å². The van der Waals surface area contributed by atoms with E-state index in [4.69, 9.17) is 4.74 Å². The third-order valence-corrected chi connectivity index (χ3v) is 4.18. The fourth-order valence-electron chi connectivity index (χ4n) is 2.96. The number of methoxy groups -OCH3 is 1. The fraction of sp³-hybridized carbons (Fsp3) is 0.333. The molecule has 0 bridgehead atoms. The Bertz CT molecular complexity index is 891. The Hall–Kier alpha value is -2.69. The van der Waals surface area contributed by atoms with E-state index in [9.17, 15) is 40.8 Å². The van der Waals surface area contributed by atoms with Gasteiger partial charge in [0.15, 0.2) is 0 Å². The zero-order valence-corrected chi connectivity index (χ0v) is 15.0. The smallest absolute Gasteiger partial charge is 0.380 e. The number of halogens is 7. The van der Waals surface area contributed by atoms with E-state index in [-0.39, 0.29) is 16.7 Å². The number of nitrogens with zero attached hydrogens (tertiary/aromatic N) is 1. The van der Waals surface area contributed by atoms with Gasteiger partial charge in [-0.25, -0.2) is 4.39 Å². The summed E-state index contributed by atoms with van der Waals surface area (Å²) < 4.78 is 100. The molecule has 0 atom stereocenters. The summed E-state index contributed by atoms with van der Waals surface area (Å²) in [6.07, 6.45) is -12.6. The summed E-state index contributed by atoms with van der Waals surface area (Å²) in [5.41, 5.74) is -8.88. The lowest BCUT2D eigenvalue weighted by molar-refractivity contribution is -0.384. The van der Waals surface area contributed by atoms with Crippen LogP contribution in [-0.4, -0.2) is 24.4 Å². The Kier molecular flexibility index (Phi) is 5.94. The number of nitro benzene ring substituents is 1. The van der Waals surface area contributed by atoms with Gasteiger partial charge in [-0.1, -0.05) is 17.7 Å². The first-order valence-electron chi connectivity index (χ1n) is 7.94. The minimum atomic E-state index is -6.31. The fourth-order valence-corrected chi connectivity index (χ4v) is 2.96. The van der Waals surface area contributed by atoms with Gasteiger partial charge >= 0.3 is 18.0 Å². The Labute approximate surface area is 160 Å². The maximum Gasteiger partial charge on any atom is 0.435 e. The standard InChI is InChI=1S/C18H14F7NO3/c1-10-7-12(9-29-2)15(11-3-5-13(6-4-11)26(27)28)14(8-10)16(19,17(20,21)22)18(23,24)25/h3-8H,9H2,1-2H3. The molecule has 0 aliphatic carbocycles. The van der Waals surface area contributed by atoms with Crippen LogP contribution in [0.3, 0.4) is 0 Å². The van der Waals surface area contributed by atoms with Gasteiger partial charge in [0.05, 0.1) is 11.5 Å². The van der Waals surface area contributed by atoms with E-state index in [2.05, 4.69) is 0 Å². The van der Waals surface area contributed by atoms with Crippen molar-refractivity contribution in [2.45, 2.75) is 31.6 Å². The second-order valence-electron chi connectivity index (χ2n) is 6.24. The molecule has 2 rings (SSSR count). The molecular weight excluding hydrogens is 411 g/mol. The number of alkyl halides is 7. The van der Waals surface area contributed by atoms with Crippen molar-refractivity contribution in [3.8, 4) is 11.1 Å². The second-order valence-corrected chi connectivity index (χ2v) is 6.24. The SMILES string of the molecule is COCc1cc(C)cc(C(F)(C(F)(F)F)C(F)(F)F)c1-c1ccc([N+](=O)[O-])cc1. The van der Waals surface area contributed by atoms with Crippen molar-refractivity contribution in [2.24, 2.45) is 0 Å². The first-order chi connectivity index (χ1) is 13.2. The summed E-state index contributed by atoms with van der Waals surface area (Å²) in [6.45, 7) is 0.808. The van der Waals surface area contributed by atoms with Crippen molar-refractivity contribution >= 4 is 5.69 Å². The van der Waals surface area contributed by atoms with Crippen molar-refractivity contribution in [3.05, 3.63) is 63.2 Å². The molecule has 0 aromatic heterocycles. The molecule has 0 aliphatic heterocycles. The Balaban J connectivity index is 2.93. The van der Waals surface area contributed by atoms with Crippen molar-refractivity contribution in [3.63, 3.8) is 0 Å². The highest BCUT2D eigenvalue weighted by Crippen LogP contribution is 2.56. The molecule has 158 valence electrons. The summed E-state index contributed by atoms with van der Waals surface area (Å²) in [7, 11) is 1.16. The quantitative estimate of drug-likeness (QED) is 0.335. The zero-order chi connectivity index (χ0) is 22.2. The van der Waals surface area contributed by atoms with Gasteiger partial charge in [0.25, 0.3) is 5.69 Å². The summed E-state index contributed by atoms with van der Waals surface area (Å²) >= 11 is 0. The molecular formula is C18H14F7NO3. The number of rotatable bonds is 5. The number of non-ortho nitro benzene ring substituents is 1. The van der Waals surface area contributed by atoms with Crippen LogP contribution in [0.4, 0.5) is 36.4 Å². The Morgan fingerprint density at radius 1 is 0.966 bits per heavy atom. The average molecular weight is 425 g/mol. The van der Waals surface area contributed by atoms with Gasteiger partial charge in [-0.2, -0.15) is 26.3 Å². The molecule has 0 saturated heterocycles. The number of ether oxygens (including phenoxy) is 1.